The van der Waals surface area contributed by atoms with E-state index in [1.165, 1.54) is 36.1 Å². The van der Waals surface area contributed by atoms with Crippen LogP contribution in [0.25, 0.3) is 0 Å². The van der Waals surface area contributed by atoms with Crippen molar-refractivity contribution < 1.29 is 4.79 Å². The number of rotatable bonds is 6. The zero-order valence-electron chi connectivity index (χ0n) is 14.3. The fraction of sp³-hybridized carbons (Fsp3) is 0.611. The number of benzene rings is 1. The van der Waals surface area contributed by atoms with E-state index in [0.717, 1.165) is 12.7 Å². The third-order valence-electron chi connectivity index (χ3n) is 2.87. The number of hydrogen-bond donors (Lipinski definition) is 1. The lowest BCUT2D eigenvalue weighted by Gasteiger charge is -2.13. The highest BCUT2D eigenvalue weighted by molar-refractivity contribution is 5.54. The second-order valence-corrected chi connectivity index (χ2v) is 4.23. The van der Waals surface area contributed by atoms with Crippen LogP contribution in [0.5, 0.6) is 0 Å². The molecular formula is C18H33NO. The van der Waals surface area contributed by atoms with Gasteiger partial charge in [0.1, 0.15) is 6.29 Å². The maximum atomic E-state index is 9.17. The molecule has 0 aliphatic rings. The number of carbonyl (C=O) groups excluding carboxylic acids is 1. The Hall–Kier alpha value is -1.31. The number of aryl methyl sites for hydroxylation is 1. The Morgan fingerprint density at radius 2 is 1.75 bits per heavy atom. The molecule has 1 aromatic carbocycles. The van der Waals surface area contributed by atoms with Gasteiger partial charge in [-0.2, -0.15) is 0 Å². The van der Waals surface area contributed by atoms with Crippen LogP contribution < -0.4 is 5.32 Å². The standard InChI is InChI=1S/C13H21N.C3H6O.C2H6/c1-4-6-9-12-11(5-2)8-7-10-13(12)14-3;1-2-3-4;1-2/h7-8,10,14H,4-6,9H2,1-3H3;3H,2H2,1H3;1-2H3. The van der Waals surface area contributed by atoms with Gasteiger partial charge in [0.25, 0.3) is 0 Å². The van der Waals surface area contributed by atoms with E-state index in [0.29, 0.717) is 6.42 Å². The molecule has 0 bridgehead atoms. The van der Waals surface area contributed by atoms with E-state index in [1.807, 2.05) is 27.8 Å². The van der Waals surface area contributed by atoms with Crippen LogP contribution in [0.1, 0.15) is 65.0 Å². The minimum atomic E-state index is 0.639. The third-order valence-corrected chi connectivity index (χ3v) is 2.87. The van der Waals surface area contributed by atoms with Gasteiger partial charge in [-0.1, -0.05) is 53.2 Å². The van der Waals surface area contributed by atoms with Crippen molar-refractivity contribution in [3.63, 3.8) is 0 Å². The summed E-state index contributed by atoms with van der Waals surface area (Å²) in [5.74, 6) is 0. The number of aldehydes is 1. The highest BCUT2D eigenvalue weighted by Crippen LogP contribution is 2.22. The van der Waals surface area contributed by atoms with Crippen LogP contribution in [0, 0.1) is 0 Å². The van der Waals surface area contributed by atoms with Crippen LogP contribution >= 0.6 is 0 Å². The van der Waals surface area contributed by atoms with Crippen molar-refractivity contribution in [1.29, 1.82) is 0 Å². The van der Waals surface area contributed by atoms with Crippen molar-refractivity contribution >= 4 is 12.0 Å². The van der Waals surface area contributed by atoms with Gasteiger partial charge in [0, 0.05) is 19.2 Å². The first-order valence-electron chi connectivity index (χ1n) is 7.97. The quantitative estimate of drug-likeness (QED) is 0.720. The van der Waals surface area contributed by atoms with E-state index in [1.54, 1.807) is 0 Å². The van der Waals surface area contributed by atoms with Crippen LogP contribution in [-0.4, -0.2) is 13.3 Å². The van der Waals surface area contributed by atoms with Crippen molar-refractivity contribution in [3.05, 3.63) is 29.3 Å². The van der Waals surface area contributed by atoms with Gasteiger partial charge in [-0.3, -0.25) is 0 Å². The Kier molecular flexibility index (Phi) is 16.5. The van der Waals surface area contributed by atoms with E-state index < -0.39 is 0 Å². The molecule has 0 unspecified atom stereocenters. The average molecular weight is 279 g/mol. The highest BCUT2D eigenvalue weighted by Gasteiger charge is 2.04. The topological polar surface area (TPSA) is 29.1 Å². The molecule has 1 aromatic rings. The van der Waals surface area contributed by atoms with E-state index in [2.05, 4.69) is 37.4 Å². The minimum absolute atomic E-state index is 0.639. The Morgan fingerprint density at radius 3 is 2.15 bits per heavy atom. The van der Waals surface area contributed by atoms with Gasteiger partial charge >= 0.3 is 0 Å². The lowest BCUT2D eigenvalue weighted by atomic mass is 9.98. The molecule has 116 valence electrons. The molecule has 0 aromatic heterocycles. The van der Waals surface area contributed by atoms with E-state index in [-0.39, 0.29) is 0 Å². The monoisotopic (exact) mass is 279 g/mol. The van der Waals surface area contributed by atoms with E-state index >= 15 is 0 Å². The minimum Gasteiger partial charge on any atom is -0.388 e. The molecule has 0 amide bonds. The largest absolute Gasteiger partial charge is 0.388 e. The first-order chi connectivity index (χ1) is 9.74. The fourth-order valence-electron chi connectivity index (χ4n) is 1.85. The Morgan fingerprint density at radius 1 is 1.15 bits per heavy atom. The molecule has 0 heterocycles. The first-order valence-corrected chi connectivity index (χ1v) is 7.97. The van der Waals surface area contributed by atoms with Gasteiger partial charge in [0.15, 0.2) is 0 Å². The number of nitrogens with one attached hydrogen (secondary N) is 1. The van der Waals surface area contributed by atoms with Crippen LogP contribution in [-0.2, 0) is 17.6 Å². The molecule has 2 heteroatoms. The van der Waals surface area contributed by atoms with Crippen molar-refractivity contribution in [2.45, 2.75) is 66.7 Å². The normalized spacial score (nSPS) is 8.70. The number of carbonyl (C=O) groups is 1. The second-order valence-electron chi connectivity index (χ2n) is 4.23. The molecule has 0 fully saturated rings. The molecule has 2 nitrogen and oxygen atoms in total. The molecule has 20 heavy (non-hydrogen) atoms. The SMILES string of the molecule is CC.CCC=O.CCCCc1c(CC)cccc1NC. The maximum absolute atomic E-state index is 9.17. The van der Waals surface area contributed by atoms with Gasteiger partial charge < -0.3 is 10.1 Å². The third kappa shape index (κ3) is 8.73. The predicted octanol–water partition coefficient (Wildman–Crippen LogP) is 5.25. The lowest BCUT2D eigenvalue weighted by Crippen LogP contribution is -2.00. The van der Waals surface area contributed by atoms with Crippen LogP contribution in [0.4, 0.5) is 5.69 Å². The molecule has 1 N–H and O–H groups in total. The van der Waals surface area contributed by atoms with Crippen molar-refractivity contribution in [2.75, 3.05) is 12.4 Å². The summed E-state index contributed by atoms with van der Waals surface area (Å²) in [6.45, 7) is 10.3. The number of hydrogen-bond acceptors (Lipinski definition) is 2. The second kappa shape index (κ2) is 15.7. The molecular weight excluding hydrogens is 246 g/mol. The number of anilines is 1. The molecule has 0 aliphatic carbocycles. The van der Waals surface area contributed by atoms with Crippen LogP contribution in [0.3, 0.4) is 0 Å². The first kappa shape index (κ1) is 21.0. The van der Waals surface area contributed by atoms with E-state index in [9.17, 15) is 4.79 Å². The Labute approximate surface area is 126 Å². The zero-order valence-corrected chi connectivity index (χ0v) is 14.3. The summed E-state index contributed by atoms with van der Waals surface area (Å²) < 4.78 is 0. The van der Waals surface area contributed by atoms with Crippen molar-refractivity contribution in [1.82, 2.24) is 0 Å². The van der Waals surface area contributed by atoms with Crippen molar-refractivity contribution in [2.24, 2.45) is 0 Å². The Balaban J connectivity index is 0. The van der Waals surface area contributed by atoms with Gasteiger partial charge in [0.2, 0.25) is 0 Å². The smallest absolute Gasteiger partial charge is 0.119 e. The summed E-state index contributed by atoms with van der Waals surface area (Å²) in [5.41, 5.74) is 4.31. The molecule has 1 rings (SSSR count). The molecule has 0 aliphatic heterocycles. The lowest BCUT2D eigenvalue weighted by molar-refractivity contribution is -0.107. The molecule has 0 saturated carbocycles. The van der Waals surface area contributed by atoms with Crippen LogP contribution in [0.2, 0.25) is 0 Å². The summed E-state index contributed by atoms with van der Waals surface area (Å²) in [5, 5.41) is 3.28. The Bertz CT molecular complexity index is 312. The van der Waals surface area contributed by atoms with Gasteiger partial charge in [-0.15, -0.1) is 0 Å². The summed E-state index contributed by atoms with van der Waals surface area (Å²) in [4.78, 5) is 9.17. The zero-order chi connectivity index (χ0) is 15.8. The summed E-state index contributed by atoms with van der Waals surface area (Å²) >= 11 is 0. The van der Waals surface area contributed by atoms with E-state index in [4.69, 9.17) is 0 Å². The highest BCUT2D eigenvalue weighted by atomic mass is 16.1. The van der Waals surface area contributed by atoms with Gasteiger partial charge in [0.05, 0.1) is 0 Å². The summed E-state index contributed by atoms with van der Waals surface area (Å²) in [6, 6.07) is 6.55. The van der Waals surface area contributed by atoms with Gasteiger partial charge in [-0.25, -0.2) is 0 Å². The maximum Gasteiger partial charge on any atom is 0.119 e. The molecule has 0 saturated heterocycles. The average Bonchev–Trinajstić information content (AvgIpc) is 2.54. The summed E-state index contributed by atoms with van der Waals surface area (Å²) in [6.07, 6.45) is 6.40. The predicted molar refractivity (Wildman–Crippen MR) is 91.7 cm³/mol. The van der Waals surface area contributed by atoms with Crippen LogP contribution in [0.15, 0.2) is 18.2 Å². The summed E-state index contributed by atoms with van der Waals surface area (Å²) in [7, 11) is 2.00. The van der Waals surface area contributed by atoms with Gasteiger partial charge in [-0.05, 0) is 36.5 Å². The molecule has 0 atom stereocenters. The number of unbranched alkanes of at least 4 members (excludes halogenated alkanes) is 1. The molecule has 0 radical (unpaired) electrons. The molecule has 0 spiro atoms. The van der Waals surface area contributed by atoms with Crippen molar-refractivity contribution in [3.8, 4) is 0 Å². The fourth-order valence-corrected chi connectivity index (χ4v) is 1.85.